The van der Waals surface area contributed by atoms with Gasteiger partial charge in [-0.2, -0.15) is 0 Å². The number of methoxy groups -OCH3 is 1. The van der Waals surface area contributed by atoms with Gasteiger partial charge in [-0.15, -0.1) is 11.8 Å². The number of carbonyl (C=O) groups is 2. The first-order valence-corrected chi connectivity index (χ1v) is 11.3. The zero-order valence-electron chi connectivity index (χ0n) is 17.1. The van der Waals surface area contributed by atoms with Crippen LogP contribution < -0.4 is 10.1 Å². The van der Waals surface area contributed by atoms with Crippen LogP contribution in [0.3, 0.4) is 0 Å². The minimum absolute atomic E-state index is 0.102. The minimum atomic E-state index is -0.525. The summed E-state index contributed by atoms with van der Waals surface area (Å²) in [4.78, 5) is 30.4. The van der Waals surface area contributed by atoms with Crippen molar-refractivity contribution >= 4 is 23.6 Å². The number of carbonyl (C=O) groups excluding carboxylic acids is 2. The molecule has 2 saturated heterocycles. The quantitative estimate of drug-likeness (QED) is 0.730. The summed E-state index contributed by atoms with van der Waals surface area (Å²) in [6.45, 7) is 3.64. The number of rotatable bonds is 7. The number of benzene rings is 1. The van der Waals surface area contributed by atoms with E-state index in [-0.39, 0.29) is 17.2 Å². The summed E-state index contributed by atoms with van der Waals surface area (Å²) in [5, 5.41) is 2.78. The van der Waals surface area contributed by atoms with E-state index in [0.717, 1.165) is 25.2 Å². The molecule has 0 bridgehead atoms. The Balaban J connectivity index is 1.49. The van der Waals surface area contributed by atoms with Crippen LogP contribution in [0.4, 0.5) is 0 Å². The van der Waals surface area contributed by atoms with Gasteiger partial charge in [0.25, 0.3) is 5.91 Å². The Hall–Kier alpha value is -2.45. The van der Waals surface area contributed by atoms with E-state index >= 15 is 0 Å². The molecule has 7 nitrogen and oxygen atoms in total. The maximum absolute atomic E-state index is 13.4. The van der Waals surface area contributed by atoms with Crippen LogP contribution in [0.1, 0.15) is 34.1 Å². The van der Waals surface area contributed by atoms with Gasteiger partial charge in [-0.05, 0) is 56.3 Å². The number of nitrogens with one attached hydrogen (secondary N) is 1. The maximum atomic E-state index is 13.4. The molecule has 0 aliphatic carbocycles. The lowest BCUT2D eigenvalue weighted by atomic mass is 10.1. The molecule has 8 heteroatoms. The Morgan fingerprint density at radius 3 is 2.63 bits per heavy atom. The van der Waals surface area contributed by atoms with Gasteiger partial charge in [0.1, 0.15) is 17.2 Å². The number of likely N-dealkylation sites (tertiary alicyclic amines) is 1. The van der Waals surface area contributed by atoms with Crippen molar-refractivity contribution in [1.82, 2.24) is 15.1 Å². The smallest absolute Gasteiger partial charge is 0.255 e. The molecule has 30 heavy (non-hydrogen) atoms. The second-order valence-electron chi connectivity index (χ2n) is 7.54. The van der Waals surface area contributed by atoms with Crippen molar-refractivity contribution in [1.29, 1.82) is 0 Å². The monoisotopic (exact) mass is 429 g/mol. The lowest BCUT2D eigenvalue weighted by Crippen LogP contribution is -2.49. The minimum Gasteiger partial charge on any atom is -0.497 e. The second kappa shape index (κ2) is 9.57. The molecule has 160 valence electrons. The van der Waals surface area contributed by atoms with Crippen molar-refractivity contribution in [2.75, 3.05) is 39.0 Å². The van der Waals surface area contributed by atoms with Gasteiger partial charge in [-0.25, -0.2) is 0 Å². The highest BCUT2D eigenvalue weighted by Gasteiger charge is 2.42. The largest absolute Gasteiger partial charge is 0.497 e. The molecule has 0 saturated carbocycles. The van der Waals surface area contributed by atoms with Crippen LogP contribution >= 0.6 is 11.8 Å². The number of furan rings is 1. The van der Waals surface area contributed by atoms with Gasteiger partial charge in [-0.3, -0.25) is 9.59 Å². The van der Waals surface area contributed by atoms with E-state index in [1.807, 2.05) is 6.07 Å². The maximum Gasteiger partial charge on any atom is 0.255 e. The van der Waals surface area contributed by atoms with Crippen molar-refractivity contribution in [2.45, 2.75) is 24.3 Å². The lowest BCUT2D eigenvalue weighted by molar-refractivity contribution is -0.124. The van der Waals surface area contributed by atoms with Crippen molar-refractivity contribution in [3.63, 3.8) is 0 Å². The highest BCUT2D eigenvalue weighted by atomic mass is 32.2. The first-order valence-electron chi connectivity index (χ1n) is 10.3. The third-order valence-corrected chi connectivity index (χ3v) is 6.95. The molecule has 0 radical (unpaired) electrons. The number of hydrogen-bond donors (Lipinski definition) is 1. The van der Waals surface area contributed by atoms with E-state index in [1.54, 1.807) is 60.6 Å². The van der Waals surface area contributed by atoms with Crippen LogP contribution in [0.15, 0.2) is 47.3 Å². The van der Waals surface area contributed by atoms with Crippen molar-refractivity contribution < 1.29 is 18.7 Å². The number of nitrogens with zero attached hydrogens (tertiary/aromatic N) is 2. The summed E-state index contributed by atoms with van der Waals surface area (Å²) in [5.74, 6) is 0.959. The fourth-order valence-corrected chi connectivity index (χ4v) is 5.38. The molecule has 1 aromatic carbocycles. The number of hydrogen-bond acceptors (Lipinski definition) is 6. The molecule has 2 unspecified atom stereocenters. The molecule has 0 spiro atoms. The molecule has 3 heterocycles. The van der Waals surface area contributed by atoms with Gasteiger partial charge in [0, 0.05) is 30.0 Å². The van der Waals surface area contributed by atoms with Gasteiger partial charge in [0.15, 0.2) is 0 Å². The predicted octanol–water partition coefficient (Wildman–Crippen LogP) is 2.76. The fraction of sp³-hybridized carbons (Fsp3) is 0.455. The molecule has 2 aliphatic rings. The molecule has 2 amide bonds. The number of ether oxygens (including phenoxy) is 1. The van der Waals surface area contributed by atoms with Gasteiger partial charge >= 0.3 is 0 Å². The summed E-state index contributed by atoms with van der Waals surface area (Å²) in [5.41, 5.74) is 1.41. The average Bonchev–Trinajstić information content (AvgIpc) is 3.54. The number of thioether (sulfide) groups is 1. The number of amides is 2. The lowest BCUT2D eigenvalue weighted by Gasteiger charge is -2.28. The second-order valence-corrected chi connectivity index (χ2v) is 8.65. The molecule has 1 N–H and O–H groups in total. The SMILES string of the molecule is COc1ccc(C(=O)N2C(C(=O)NCCN3CCCC3)CSC2c2ccoc2)cc1. The van der Waals surface area contributed by atoms with E-state index in [4.69, 9.17) is 9.15 Å². The van der Waals surface area contributed by atoms with Gasteiger partial charge < -0.3 is 24.3 Å². The Bertz CT molecular complexity index is 850. The third kappa shape index (κ3) is 4.49. The Morgan fingerprint density at radius 1 is 1.20 bits per heavy atom. The Labute approximate surface area is 180 Å². The average molecular weight is 430 g/mol. The molecule has 1 aromatic heterocycles. The van der Waals surface area contributed by atoms with E-state index in [9.17, 15) is 9.59 Å². The standard InChI is InChI=1S/C22H27N3O4S/c1-28-18-6-4-16(5-7-18)21(27)25-19(15-30-22(25)17-8-13-29-14-17)20(26)23-9-12-24-10-2-3-11-24/h4-8,13-14,19,22H,2-3,9-12,15H2,1H3,(H,23,26). The zero-order chi connectivity index (χ0) is 20.9. The summed E-state index contributed by atoms with van der Waals surface area (Å²) in [6, 6.07) is 8.31. The molecule has 2 aromatic rings. The normalized spacial score (nSPS) is 21.7. The van der Waals surface area contributed by atoms with Crippen molar-refractivity contribution in [3.05, 3.63) is 54.0 Å². The van der Waals surface area contributed by atoms with Gasteiger partial charge in [0.2, 0.25) is 5.91 Å². The van der Waals surface area contributed by atoms with E-state index < -0.39 is 6.04 Å². The summed E-state index contributed by atoms with van der Waals surface area (Å²) < 4.78 is 10.4. The summed E-state index contributed by atoms with van der Waals surface area (Å²) >= 11 is 1.58. The molecule has 2 atom stereocenters. The Kier molecular flexibility index (Phi) is 6.64. The summed E-state index contributed by atoms with van der Waals surface area (Å²) in [6.07, 6.45) is 5.68. The fourth-order valence-electron chi connectivity index (χ4n) is 3.97. The molecule has 2 aliphatic heterocycles. The van der Waals surface area contributed by atoms with Crippen LogP contribution in [0.5, 0.6) is 5.75 Å². The summed E-state index contributed by atoms with van der Waals surface area (Å²) in [7, 11) is 1.59. The Morgan fingerprint density at radius 2 is 1.97 bits per heavy atom. The van der Waals surface area contributed by atoms with Crippen LogP contribution in [0, 0.1) is 0 Å². The van der Waals surface area contributed by atoms with Crippen LogP contribution in [0.25, 0.3) is 0 Å². The van der Waals surface area contributed by atoms with Crippen molar-refractivity contribution in [3.8, 4) is 5.75 Å². The molecule has 4 rings (SSSR count). The predicted molar refractivity (Wildman–Crippen MR) is 116 cm³/mol. The first kappa shape index (κ1) is 20.8. The molecular formula is C22H27N3O4S. The van der Waals surface area contributed by atoms with Crippen LogP contribution in [0.2, 0.25) is 0 Å². The van der Waals surface area contributed by atoms with Crippen LogP contribution in [-0.2, 0) is 4.79 Å². The van der Waals surface area contributed by atoms with Crippen LogP contribution in [-0.4, -0.2) is 66.7 Å². The van der Waals surface area contributed by atoms with Gasteiger partial charge in [0.05, 0.1) is 19.6 Å². The molecule has 2 fully saturated rings. The highest BCUT2D eigenvalue weighted by molar-refractivity contribution is 7.99. The van der Waals surface area contributed by atoms with E-state index in [1.165, 1.54) is 12.8 Å². The highest BCUT2D eigenvalue weighted by Crippen LogP contribution is 2.42. The van der Waals surface area contributed by atoms with E-state index in [0.29, 0.717) is 23.6 Å². The van der Waals surface area contributed by atoms with Crippen molar-refractivity contribution in [2.24, 2.45) is 0 Å². The first-order chi connectivity index (χ1) is 14.7. The molecular weight excluding hydrogens is 402 g/mol. The topological polar surface area (TPSA) is 75.0 Å². The van der Waals surface area contributed by atoms with E-state index in [2.05, 4.69) is 10.2 Å². The third-order valence-electron chi connectivity index (χ3n) is 5.63. The van der Waals surface area contributed by atoms with Gasteiger partial charge in [-0.1, -0.05) is 0 Å². The zero-order valence-corrected chi connectivity index (χ0v) is 17.9.